The van der Waals surface area contributed by atoms with Gasteiger partial charge in [0.25, 0.3) is 0 Å². The van der Waals surface area contributed by atoms with E-state index >= 15 is 0 Å². The summed E-state index contributed by atoms with van der Waals surface area (Å²) in [4.78, 5) is 2.18. The minimum Gasteiger partial charge on any atom is -0.393 e. The van der Waals surface area contributed by atoms with Crippen molar-refractivity contribution >= 4 is 0 Å². The van der Waals surface area contributed by atoms with E-state index in [9.17, 15) is 0 Å². The molecule has 1 aliphatic rings. The molecule has 2 unspecified atom stereocenters. The molecule has 1 N–H and O–H groups in total. The first-order valence-corrected chi connectivity index (χ1v) is 6.28. The maximum absolute atomic E-state index is 9.15. The summed E-state index contributed by atoms with van der Waals surface area (Å²) in [6, 6.07) is 0. The van der Waals surface area contributed by atoms with Gasteiger partial charge in [-0.3, -0.25) is 0 Å². The van der Waals surface area contributed by atoms with Crippen LogP contribution in [0.25, 0.3) is 0 Å². The highest BCUT2D eigenvalue weighted by Gasteiger charge is 2.13. The fourth-order valence-electron chi connectivity index (χ4n) is 1.70. The van der Waals surface area contributed by atoms with E-state index in [1.807, 2.05) is 14.0 Å². The van der Waals surface area contributed by atoms with Gasteiger partial charge < -0.3 is 19.5 Å². The summed E-state index contributed by atoms with van der Waals surface area (Å²) in [6.45, 7) is 5.17. The van der Waals surface area contributed by atoms with Crippen LogP contribution in [0.4, 0.5) is 0 Å². The second-order valence-electron chi connectivity index (χ2n) is 4.61. The molecule has 16 heavy (non-hydrogen) atoms. The zero-order valence-electron chi connectivity index (χ0n) is 10.5. The van der Waals surface area contributed by atoms with Gasteiger partial charge in [-0.1, -0.05) is 0 Å². The van der Waals surface area contributed by atoms with E-state index in [0.29, 0.717) is 6.61 Å². The SMILES string of the molecule is CC(O)CCN(C)CCOC1CCCCO1. The van der Waals surface area contributed by atoms with Crippen LogP contribution in [0.3, 0.4) is 0 Å². The van der Waals surface area contributed by atoms with Crippen LogP contribution < -0.4 is 0 Å². The van der Waals surface area contributed by atoms with Crippen molar-refractivity contribution in [2.24, 2.45) is 0 Å². The van der Waals surface area contributed by atoms with Crippen molar-refractivity contribution in [3.8, 4) is 0 Å². The van der Waals surface area contributed by atoms with Gasteiger partial charge >= 0.3 is 0 Å². The second kappa shape index (κ2) is 8.01. The molecular weight excluding hydrogens is 206 g/mol. The van der Waals surface area contributed by atoms with Crippen molar-refractivity contribution in [1.29, 1.82) is 0 Å². The van der Waals surface area contributed by atoms with Gasteiger partial charge in [0.15, 0.2) is 6.29 Å². The van der Waals surface area contributed by atoms with Crippen LogP contribution in [0.15, 0.2) is 0 Å². The van der Waals surface area contributed by atoms with Crippen LogP contribution in [0.5, 0.6) is 0 Å². The maximum atomic E-state index is 9.15. The summed E-state index contributed by atoms with van der Waals surface area (Å²) < 4.78 is 11.1. The van der Waals surface area contributed by atoms with Gasteiger partial charge in [-0.05, 0) is 39.7 Å². The lowest BCUT2D eigenvalue weighted by molar-refractivity contribution is -0.163. The topological polar surface area (TPSA) is 41.9 Å². The van der Waals surface area contributed by atoms with Gasteiger partial charge in [0.2, 0.25) is 0 Å². The van der Waals surface area contributed by atoms with Crippen molar-refractivity contribution in [1.82, 2.24) is 4.90 Å². The van der Waals surface area contributed by atoms with Crippen molar-refractivity contribution in [2.45, 2.75) is 45.0 Å². The number of aliphatic hydroxyl groups excluding tert-OH is 1. The molecule has 1 rings (SSSR count). The molecule has 4 nitrogen and oxygen atoms in total. The maximum Gasteiger partial charge on any atom is 0.157 e. The summed E-state index contributed by atoms with van der Waals surface area (Å²) in [6.07, 6.45) is 4.01. The first-order chi connectivity index (χ1) is 7.68. The Morgan fingerprint density at radius 3 is 2.88 bits per heavy atom. The van der Waals surface area contributed by atoms with E-state index in [0.717, 1.165) is 39.0 Å². The van der Waals surface area contributed by atoms with Crippen molar-refractivity contribution in [2.75, 3.05) is 33.4 Å². The highest BCUT2D eigenvalue weighted by atomic mass is 16.7. The molecule has 1 fully saturated rings. The number of likely N-dealkylation sites (N-methyl/N-ethyl adjacent to an activating group) is 1. The molecule has 0 spiro atoms. The molecule has 0 aromatic carbocycles. The first kappa shape index (κ1) is 13.9. The monoisotopic (exact) mass is 231 g/mol. The predicted octanol–water partition coefficient (Wildman–Crippen LogP) is 1.23. The van der Waals surface area contributed by atoms with E-state index in [1.54, 1.807) is 0 Å². The summed E-state index contributed by atoms with van der Waals surface area (Å²) in [7, 11) is 2.05. The summed E-state index contributed by atoms with van der Waals surface area (Å²) in [5.74, 6) is 0. The minimum atomic E-state index is -0.218. The summed E-state index contributed by atoms with van der Waals surface area (Å²) in [5, 5.41) is 9.15. The van der Waals surface area contributed by atoms with E-state index < -0.39 is 0 Å². The van der Waals surface area contributed by atoms with Gasteiger partial charge in [0.1, 0.15) is 0 Å². The third kappa shape index (κ3) is 6.43. The fourth-order valence-corrected chi connectivity index (χ4v) is 1.70. The van der Waals surface area contributed by atoms with E-state index in [4.69, 9.17) is 14.6 Å². The molecule has 4 heteroatoms. The Kier molecular flexibility index (Phi) is 6.96. The van der Waals surface area contributed by atoms with Gasteiger partial charge in [-0.15, -0.1) is 0 Å². The van der Waals surface area contributed by atoms with Crippen molar-refractivity contribution < 1.29 is 14.6 Å². The van der Waals surface area contributed by atoms with Crippen molar-refractivity contribution in [3.63, 3.8) is 0 Å². The average molecular weight is 231 g/mol. The molecule has 0 aromatic heterocycles. The summed E-state index contributed by atoms with van der Waals surface area (Å²) >= 11 is 0. The second-order valence-corrected chi connectivity index (χ2v) is 4.61. The van der Waals surface area contributed by atoms with Crippen LogP contribution in [-0.2, 0) is 9.47 Å². The Bertz CT molecular complexity index is 170. The largest absolute Gasteiger partial charge is 0.393 e. The van der Waals surface area contributed by atoms with E-state index in [1.165, 1.54) is 6.42 Å². The number of hydrogen-bond acceptors (Lipinski definition) is 4. The highest BCUT2D eigenvalue weighted by molar-refractivity contribution is 4.57. The van der Waals surface area contributed by atoms with Gasteiger partial charge in [0.05, 0.1) is 12.7 Å². The zero-order chi connectivity index (χ0) is 11.8. The van der Waals surface area contributed by atoms with E-state index in [-0.39, 0.29) is 12.4 Å². The Labute approximate surface area is 98.5 Å². The smallest absolute Gasteiger partial charge is 0.157 e. The molecule has 2 atom stereocenters. The van der Waals surface area contributed by atoms with Gasteiger partial charge in [-0.2, -0.15) is 0 Å². The third-order valence-corrected chi connectivity index (χ3v) is 2.84. The molecule has 0 bridgehead atoms. The van der Waals surface area contributed by atoms with Crippen LogP contribution in [0, 0.1) is 0 Å². The Morgan fingerprint density at radius 1 is 1.44 bits per heavy atom. The standard InChI is InChI=1S/C12H25NO3/c1-11(14)6-7-13(2)8-10-16-12-5-3-4-9-15-12/h11-12,14H,3-10H2,1-2H3. The molecule has 0 aromatic rings. The van der Waals surface area contributed by atoms with Gasteiger partial charge in [0, 0.05) is 19.7 Å². The normalized spacial score (nSPS) is 23.6. The molecular formula is C12H25NO3. The lowest BCUT2D eigenvalue weighted by Crippen LogP contribution is -2.29. The first-order valence-electron chi connectivity index (χ1n) is 6.28. The lowest BCUT2D eigenvalue weighted by Gasteiger charge is -2.24. The van der Waals surface area contributed by atoms with Crippen molar-refractivity contribution in [3.05, 3.63) is 0 Å². The quantitative estimate of drug-likeness (QED) is 0.715. The van der Waals surface area contributed by atoms with E-state index in [2.05, 4.69) is 4.90 Å². The highest BCUT2D eigenvalue weighted by Crippen LogP contribution is 2.13. The molecule has 0 radical (unpaired) electrons. The van der Waals surface area contributed by atoms with Crippen LogP contribution in [0.1, 0.15) is 32.6 Å². The van der Waals surface area contributed by atoms with Crippen LogP contribution >= 0.6 is 0 Å². The summed E-state index contributed by atoms with van der Waals surface area (Å²) in [5.41, 5.74) is 0. The number of rotatable bonds is 7. The molecule has 0 saturated carbocycles. The minimum absolute atomic E-state index is 0.0129. The number of nitrogens with zero attached hydrogens (tertiary/aromatic N) is 1. The lowest BCUT2D eigenvalue weighted by atomic mass is 10.2. The average Bonchev–Trinajstić information content (AvgIpc) is 2.28. The molecule has 1 saturated heterocycles. The molecule has 1 aliphatic heterocycles. The molecule has 96 valence electrons. The Balaban J connectivity index is 1.96. The number of aliphatic hydroxyl groups is 1. The van der Waals surface area contributed by atoms with Crippen LogP contribution in [0.2, 0.25) is 0 Å². The number of ether oxygens (including phenoxy) is 2. The van der Waals surface area contributed by atoms with Gasteiger partial charge in [-0.25, -0.2) is 0 Å². The fraction of sp³-hybridized carbons (Fsp3) is 1.00. The third-order valence-electron chi connectivity index (χ3n) is 2.84. The molecule has 0 aliphatic carbocycles. The molecule has 0 amide bonds. The molecule has 1 heterocycles. The zero-order valence-corrected chi connectivity index (χ0v) is 10.5. The Hall–Kier alpha value is -0.160. The van der Waals surface area contributed by atoms with Crippen LogP contribution in [-0.4, -0.2) is 55.8 Å². The Morgan fingerprint density at radius 2 is 2.25 bits per heavy atom. The number of hydrogen-bond donors (Lipinski definition) is 1. The predicted molar refractivity (Wildman–Crippen MR) is 63.3 cm³/mol.